The second-order valence-corrected chi connectivity index (χ2v) is 5.87. The third-order valence-electron chi connectivity index (χ3n) is 3.84. The molecule has 1 aliphatic carbocycles. The van der Waals surface area contributed by atoms with E-state index >= 15 is 0 Å². The quantitative estimate of drug-likeness (QED) is 0.764. The molecule has 3 heteroatoms. The molecule has 1 aromatic carbocycles. The molecule has 1 aliphatic rings. The summed E-state index contributed by atoms with van der Waals surface area (Å²) >= 11 is 3.49. The lowest BCUT2D eigenvalue weighted by atomic mass is 9.78. The lowest BCUT2D eigenvalue weighted by molar-refractivity contribution is 0.420. The Morgan fingerprint density at radius 2 is 2.00 bits per heavy atom. The van der Waals surface area contributed by atoms with Crippen LogP contribution in [0.5, 0.6) is 0 Å². The Labute approximate surface area is 122 Å². The molecule has 0 atom stereocenters. The van der Waals surface area contributed by atoms with Crippen LogP contribution in [0, 0.1) is 0 Å². The van der Waals surface area contributed by atoms with Crippen molar-refractivity contribution in [3.8, 4) is 11.3 Å². The van der Waals surface area contributed by atoms with E-state index < -0.39 is 0 Å². The van der Waals surface area contributed by atoms with Gasteiger partial charge in [-0.15, -0.1) is 0 Å². The first-order valence-corrected chi connectivity index (χ1v) is 7.70. The van der Waals surface area contributed by atoms with E-state index in [1.807, 2.05) is 6.07 Å². The summed E-state index contributed by atoms with van der Waals surface area (Å²) in [5.74, 6) is 1.61. The van der Waals surface area contributed by atoms with Crippen LogP contribution in [0.2, 0.25) is 0 Å². The minimum Gasteiger partial charge on any atom is -0.233 e. The summed E-state index contributed by atoms with van der Waals surface area (Å²) < 4.78 is 0.873. The van der Waals surface area contributed by atoms with E-state index in [9.17, 15) is 0 Å². The Hall–Kier alpha value is -1.22. The molecule has 0 N–H and O–H groups in total. The van der Waals surface area contributed by atoms with Crippen LogP contribution in [0.1, 0.15) is 43.5 Å². The zero-order valence-electron chi connectivity index (χ0n) is 11.1. The number of hydrogen-bond acceptors (Lipinski definition) is 2. The molecule has 0 saturated heterocycles. The van der Waals surface area contributed by atoms with Gasteiger partial charge in [0.25, 0.3) is 0 Å². The molecule has 1 fully saturated rings. The van der Waals surface area contributed by atoms with Crippen LogP contribution < -0.4 is 0 Å². The summed E-state index contributed by atoms with van der Waals surface area (Å²) in [6, 6.07) is 10.7. The molecule has 3 rings (SSSR count). The van der Waals surface area contributed by atoms with Gasteiger partial charge in [0.05, 0.1) is 5.69 Å². The maximum absolute atomic E-state index is 4.68. The Bertz CT molecular complexity index is 591. The van der Waals surface area contributed by atoms with Gasteiger partial charge in [-0.2, -0.15) is 0 Å². The highest BCUT2D eigenvalue weighted by molar-refractivity contribution is 9.10. The standard InChI is InChI=1S/C16H17BrN2/c1-2-16-18-14(10-15(17)19-16)13-9-4-3-8-12(13)11-6-5-7-11/h3-4,8-11H,2,5-7H2,1H3. The first-order chi connectivity index (χ1) is 9.28. The molecule has 2 aromatic rings. The Kier molecular flexibility index (Phi) is 3.65. The van der Waals surface area contributed by atoms with Gasteiger partial charge >= 0.3 is 0 Å². The average molecular weight is 317 g/mol. The second-order valence-electron chi connectivity index (χ2n) is 5.06. The maximum atomic E-state index is 4.68. The fraction of sp³-hybridized carbons (Fsp3) is 0.375. The maximum Gasteiger partial charge on any atom is 0.130 e. The van der Waals surface area contributed by atoms with Crippen molar-refractivity contribution in [3.05, 3.63) is 46.3 Å². The Balaban J connectivity index is 2.08. The van der Waals surface area contributed by atoms with Gasteiger partial charge in [-0.05, 0) is 46.3 Å². The Morgan fingerprint density at radius 3 is 2.68 bits per heavy atom. The molecule has 0 amide bonds. The van der Waals surface area contributed by atoms with E-state index in [2.05, 4.69) is 57.1 Å². The van der Waals surface area contributed by atoms with Crippen molar-refractivity contribution in [1.29, 1.82) is 0 Å². The van der Waals surface area contributed by atoms with E-state index in [4.69, 9.17) is 0 Å². The predicted octanol–water partition coefficient (Wildman–Crippen LogP) is 4.74. The van der Waals surface area contributed by atoms with E-state index in [1.54, 1.807) is 0 Å². The van der Waals surface area contributed by atoms with Crippen LogP contribution >= 0.6 is 15.9 Å². The number of benzene rings is 1. The molecule has 2 nitrogen and oxygen atoms in total. The molecule has 0 unspecified atom stereocenters. The first-order valence-electron chi connectivity index (χ1n) is 6.90. The molecule has 0 radical (unpaired) electrons. The van der Waals surface area contributed by atoms with Gasteiger partial charge in [0.2, 0.25) is 0 Å². The van der Waals surface area contributed by atoms with Gasteiger partial charge < -0.3 is 0 Å². The first kappa shape index (κ1) is 12.8. The van der Waals surface area contributed by atoms with Crippen LogP contribution in [0.3, 0.4) is 0 Å². The van der Waals surface area contributed by atoms with Gasteiger partial charge in [-0.3, -0.25) is 0 Å². The van der Waals surface area contributed by atoms with Crippen LogP contribution in [0.4, 0.5) is 0 Å². The number of aryl methyl sites for hydroxylation is 1. The summed E-state index contributed by atoms with van der Waals surface area (Å²) in [4.78, 5) is 9.07. The van der Waals surface area contributed by atoms with Crippen molar-refractivity contribution >= 4 is 15.9 Å². The number of hydrogen-bond donors (Lipinski definition) is 0. The largest absolute Gasteiger partial charge is 0.233 e. The normalized spacial score (nSPS) is 15.3. The van der Waals surface area contributed by atoms with Crippen LogP contribution in [-0.4, -0.2) is 9.97 Å². The summed E-state index contributed by atoms with van der Waals surface area (Å²) in [6.07, 6.45) is 4.83. The zero-order valence-corrected chi connectivity index (χ0v) is 12.7. The van der Waals surface area contributed by atoms with Gasteiger partial charge in [0, 0.05) is 12.0 Å². The highest BCUT2D eigenvalue weighted by atomic mass is 79.9. The van der Waals surface area contributed by atoms with Crippen molar-refractivity contribution < 1.29 is 0 Å². The van der Waals surface area contributed by atoms with Crippen molar-refractivity contribution in [1.82, 2.24) is 9.97 Å². The average Bonchev–Trinajstić information content (AvgIpc) is 2.36. The smallest absolute Gasteiger partial charge is 0.130 e. The fourth-order valence-corrected chi connectivity index (χ4v) is 2.99. The van der Waals surface area contributed by atoms with Gasteiger partial charge in [0.1, 0.15) is 10.4 Å². The van der Waals surface area contributed by atoms with Crippen LogP contribution in [0.25, 0.3) is 11.3 Å². The summed E-state index contributed by atoms with van der Waals surface area (Å²) in [6.45, 7) is 2.09. The van der Waals surface area contributed by atoms with Crippen LogP contribution in [-0.2, 0) is 6.42 Å². The molecule has 0 spiro atoms. The van der Waals surface area contributed by atoms with Crippen molar-refractivity contribution in [2.75, 3.05) is 0 Å². The number of aromatic nitrogens is 2. The highest BCUT2D eigenvalue weighted by Gasteiger charge is 2.22. The minimum atomic E-state index is 0.718. The summed E-state index contributed by atoms with van der Waals surface area (Å²) in [5, 5.41) is 0. The summed E-state index contributed by atoms with van der Waals surface area (Å²) in [5.41, 5.74) is 3.76. The minimum absolute atomic E-state index is 0.718. The third-order valence-corrected chi connectivity index (χ3v) is 4.25. The van der Waals surface area contributed by atoms with Gasteiger partial charge in [-0.1, -0.05) is 37.6 Å². The number of nitrogens with zero attached hydrogens (tertiary/aromatic N) is 2. The molecule has 1 saturated carbocycles. The van der Waals surface area contributed by atoms with Gasteiger partial charge in [0.15, 0.2) is 0 Å². The van der Waals surface area contributed by atoms with Crippen LogP contribution in [0.15, 0.2) is 34.9 Å². The lowest BCUT2D eigenvalue weighted by Crippen LogP contribution is -2.10. The SMILES string of the molecule is CCc1nc(Br)cc(-c2ccccc2C2CCC2)n1. The zero-order chi connectivity index (χ0) is 13.2. The predicted molar refractivity (Wildman–Crippen MR) is 81.1 cm³/mol. The van der Waals surface area contributed by atoms with Gasteiger partial charge in [-0.25, -0.2) is 9.97 Å². The number of halogens is 1. The Morgan fingerprint density at radius 1 is 1.21 bits per heavy atom. The lowest BCUT2D eigenvalue weighted by Gasteiger charge is -2.27. The fourth-order valence-electron chi connectivity index (χ4n) is 2.57. The molecule has 19 heavy (non-hydrogen) atoms. The molecule has 0 aliphatic heterocycles. The molecule has 0 bridgehead atoms. The van der Waals surface area contributed by atoms with E-state index in [-0.39, 0.29) is 0 Å². The third kappa shape index (κ3) is 2.57. The second kappa shape index (κ2) is 5.41. The molecular formula is C16H17BrN2. The van der Waals surface area contributed by atoms with E-state index in [0.717, 1.165) is 28.5 Å². The van der Waals surface area contributed by atoms with Crippen molar-refractivity contribution in [3.63, 3.8) is 0 Å². The number of rotatable bonds is 3. The molecule has 98 valence electrons. The molecule has 1 heterocycles. The van der Waals surface area contributed by atoms with Crippen molar-refractivity contribution in [2.24, 2.45) is 0 Å². The highest BCUT2D eigenvalue weighted by Crippen LogP contribution is 2.40. The molecule has 1 aromatic heterocycles. The van der Waals surface area contributed by atoms with Crippen molar-refractivity contribution in [2.45, 2.75) is 38.5 Å². The topological polar surface area (TPSA) is 25.8 Å². The van der Waals surface area contributed by atoms with E-state index in [0.29, 0.717) is 0 Å². The van der Waals surface area contributed by atoms with E-state index in [1.165, 1.54) is 30.4 Å². The monoisotopic (exact) mass is 316 g/mol. The summed E-state index contributed by atoms with van der Waals surface area (Å²) in [7, 11) is 0. The molecular weight excluding hydrogens is 300 g/mol.